The lowest BCUT2D eigenvalue weighted by atomic mass is 9.72. The second-order valence-corrected chi connectivity index (χ2v) is 7.70. The van der Waals surface area contributed by atoms with Crippen LogP contribution in [-0.2, 0) is 16.1 Å². The maximum Gasteiger partial charge on any atom is 0.242 e. The van der Waals surface area contributed by atoms with Crippen LogP contribution in [0.1, 0.15) is 38.2 Å². The first kappa shape index (κ1) is 24.6. The minimum Gasteiger partial charge on any atom is -0.391 e. The number of likely N-dealkylation sites (tertiary alicyclic amines) is 2. The van der Waals surface area contributed by atoms with Gasteiger partial charge in [-0.3, -0.25) is 14.6 Å². The van der Waals surface area contributed by atoms with Gasteiger partial charge in [0.05, 0.1) is 6.10 Å². The summed E-state index contributed by atoms with van der Waals surface area (Å²) in [4.78, 5) is 32.4. The van der Waals surface area contributed by atoms with E-state index in [-0.39, 0.29) is 42.0 Å². The van der Waals surface area contributed by atoms with Gasteiger partial charge in [0, 0.05) is 45.0 Å². The Bertz CT molecular complexity index is 652. The number of aromatic nitrogens is 1. The summed E-state index contributed by atoms with van der Waals surface area (Å²) in [6.07, 6.45) is 5.82. The molecule has 2 saturated heterocycles. The van der Waals surface area contributed by atoms with Crippen LogP contribution in [0, 0.1) is 5.41 Å². The first-order chi connectivity index (χ1) is 12.4. The maximum atomic E-state index is 12.4. The summed E-state index contributed by atoms with van der Waals surface area (Å²) in [6.45, 7) is 4.15. The van der Waals surface area contributed by atoms with Crippen molar-refractivity contribution >= 4 is 36.6 Å². The molecule has 28 heavy (non-hydrogen) atoms. The molecule has 158 valence electrons. The van der Waals surface area contributed by atoms with Gasteiger partial charge < -0.3 is 20.6 Å². The van der Waals surface area contributed by atoms with Crippen LogP contribution < -0.4 is 5.73 Å². The number of rotatable bonds is 4. The highest BCUT2D eigenvalue weighted by molar-refractivity contribution is 5.85. The van der Waals surface area contributed by atoms with Crippen LogP contribution >= 0.6 is 24.8 Å². The largest absolute Gasteiger partial charge is 0.391 e. The second-order valence-electron chi connectivity index (χ2n) is 7.70. The van der Waals surface area contributed by atoms with E-state index in [0.29, 0.717) is 26.1 Å². The van der Waals surface area contributed by atoms with Gasteiger partial charge in [0.25, 0.3) is 0 Å². The van der Waals surface area contributed by atoms with Gasteiger partial charge in [-0.1, -0.05) is 0 Å². The molecule has 9 heteroatoms. The number of pyridine rings is 1. The summed E-state index contributed by atoms with van der Waals surface area (Å²) in [5, 5.41) is 9.55. The van der Waals surface area contributed by atoms with Crippen LogP contribution in [0.4, 0.5) is 0 Å². The van der Waals surface area contributed by atoms with Crippen LogP contribution in [-0.4, -0.2) is 63.5 Å². The van der Waals surface area contributed by atoms with Gasteiger partial charge in [-0.15, -0.1) is 24.8 Å². The minimum absolute atomic E-state index is 0. The molecule has 7 nitrogen and oxygen atoms in total. The topological polar surface area (TPSA) is 99.8 Å². The van der Waals surface area contributed by atoms with Gasteiger partial charge in [-0.25, -0.2) is 0 Å². The number of hydrogen-bond acceptors (Lipinski definition) is 5. The van der Waals surface area contributed by atoms with Crippen LogP contribution in [0.5, 0.6) is 0 Å². The van der Waals surface area contributed by atoms with E-state index in [2.05, 4.69) is 4.98 Å². The smallest absolute Gasteiger partial charge is 0.242 e. The number of piperidine rings is 2. The van der Waals surface area contributed by atoms with Gasteiger partial charge in [-0.2, -0.15) is 0 Å². The van der Waals surface area contributed by atoms with Crippen LogP contribution in [0.15, 0.2) is 24.5 Å². The SMILES string of the molecule is C[C@@H](O)[C@H](N)C(=O)N1CCC2(CCC(=O)N(Cc3ccncc3)C2)CC1.Cl.Cl. The fourth-order valence-corrected chi connectivity index (χ4v) is 3.98. The highest BCUT2D eigenvalue weighted by atomic mass is 35.5. The lowest BCUT2D eigenvalue weighted by Gasteiger charge is -2.47. The average Bonchev–Trinajstić information content (AvgIpc) is 2.65. The number of nitrogens with two attached hydrogens (primary N) is 1. The molecule has 0 saturated carbocycles. The van der Waals surface area contributed by atoms with Crippen LogP contribution in [0.2, 0.25) is 0 Å². The quantitative estimate of drug-likeness (QED) is 0.747. The van der Waals surface area contributed by atoms with Gasteiger partial charge in [0.15, 0.2) is 0 Å². The maximum absolute atomic E-state index is 12.4. The number of hydrogen-bond donors (Lipinski definition) is 2. The van der Waals surface area contributed by atoms with Crippen molar-refractivity contribution in [3.63, 3.8) is 0 Å². The Hall–Kier alpha value is -1.41. The lowest BCUT2D eigenvalue weighted by Crippen LogP contribution is -2.55. The highest BCUT2D eigenvalue weighted by Gasteiger charge is 2.42. The highest BCUT2D eigenvalue weighted by Crippen LogP contribution is 2.40. The molecule has 3 heterocycles. The number of aliphatic hydroxyl groups is 1. The van der Waals surface area contributed by atoms with Crippen molar-refractivity contribution in [1.29, 1.82) is 0 Å². The molecule has 1 spiro atoms. The molecule has 3 rings (SSSR count). The summed E-state index contributed by atoms with van der Waals surface area (Å²) in [7, 11) is 0. The number of halogens is 2. The normalized spacial score (nSPS) is 20.8. The molecule has 2 fully saturated rings. The number of carbonyl (C=O) groups excluding carboxylic acids is 2. The summed E-state index contributed by atoms with van der Waals surface area (Å²) in [6, 6.07) is 3.01. The minimum atomic E-state index is -0.861. The van der Waals surface area contributed by atoms with E-state index in [9.17, 15) is 14.7 Å². The van der Waals surface area contributed by atoms with Crippen molar-refractivity contribution in [2.45, 2.75) is 51.3 Å². The van der Waals surface area contributed by atoms with E-state index in [1.807, 2.05) is 17.0 Å². The zero-order chi connectivity index (χ0) is 18.7. The fourth-order valence-electron chi connectivity index (χ4n) is 3.98. The molecule has 0 radical (unpaired) electrons. The van der Waals surface area contributed by atoms with Crippen molar-refractivity contribution in [3.8, 4) is 0 Å². The van der Waals surface area contributed by atoms with E-state index in [0.717, 1.165) is 31.4 Å². The van der Waals surface area contributed by atoms with E-state index in [4.69, 9.17) is 5.73 Å². The second kappa shape index (κ2) is 10.4. The summed E-state index contributed by atoms with van der Waals surface area (Å²) in [5.74, 6) is 0.0115. The third-order valence-corrected chi connectivity index (χ3v) is 5.81. The Balaban J connectivity index is 0.00000196. The van der Waals surface area contributed by atoms with Crippen molar-refractivity contribution in [1.82, 2.24) is 14.8 Å². The monoisotopic (exact) mass is 432 g/mol. The third-order valence-electron chi connectivity index (χ3n) is 5.81. The summed E-state index contributed by atoms with van der Waals surface area (Å²) in [5.41, 5.74) is 6.95. The Morgan fingerprint density at radius 1 is 1.25 bits per heavy atom. The summed E-state index contributed by atoms with van der Waals surface area (Å²) >= 11 is 0. The fraction of sp³-hybridized carbons (Fsp3) is 0.632. The predicted molar refractivity (Wildman–Crippen MR) is 111 cm³/mol. The average molecular weight is 433 g/mol. The Kier molecular flexibility index (Phi) is 9.14. The number of carbonyl (C=O) groups is 2. The molecule has 2 aliphatic heterocycles. The molecule has 0 unspecified atom stereocenters. The molecular weight excluding hydrogens is 403 g/mol. The molecule has 2 amide bonds. The van der Waals surface area contributed by atoms with E-state index < -0.39 is 12.1 Å². The molecule has 1 aromatic heterocycles. The number of amides is 2. The van der Waals surface area contributed by atoms with Gasteiger partial charge in [0.1, 0.15) is 6.04 Å². The Morgan fingerprint density at radius 3 is 2.43 bits per heavy atom. The molecule has 0 aliphatic carbocycles. The van der Waals surface area contributed by atoms with E-state index in [1.165, 1.54) is 6.92 Å². The van der Waals surface area contributed by atoms with Gasteiger partial charge >= 0.3 is 0 Å². The van der Waals surface area contributed by atoms with Crippen molar-refractivity contribution in [3.05, 3.63) is 30.1 Å². The van der Waals surface area contributed by atoms with Crippen molar-refractivity contribution in [2.24, 2.45) is 11.1 Å². The number of nitrogens with zero attached hydrogens (tertiary/aromatic N) is 3. The molecular formula is C19H30Cl2N4O3. The van der Waals surface area contributed by atoms with Crippen molar-refractivity contribution < 1.29 is 14.7 Å². The summed E-state index contributed by atoms with van der Waals surface area (Å²) < 4.78 is 0. The third kappa shape index (κ3) is 5.56. The van der Waals surface area contributed by atoms with Gasteiger partial charge in [0.2, 0.25) is 11.8 Å². The molecule has 3 N–H and O–H groups in total. The van der Waals surface area contributed by atoms with Crippen LogP contribution in [0.25, 0.3) is 0 Å². The Labute approximate surface area is 178 Å². The predicted octanol–water partition coefficient (Wildman–Crippen LogP) is 1.36. The van der Waals surface area contributed by atoms with Gasteiger partial charge in [-0.05, 0) is 49.3 Å². The molecule has 1 aromatic rings. The molecule has 0 bridgehead atoms. The lowest BCUT2D eigenvalue weighted by molar-refractivity contribution is -0.144. The first-order valence-electron chi connectivity index (χ1n) is 9.29. The van der Waals surface area contributed by atoms with E-state index >= 15 is 0 Å². The molecule has 0 aromatic carbocycles. The molecule has 2 atom stereocenters. The first-order valence-corrected chi connectivity index (χ1v) is 9.29. The van der Waals surface area contributed by atoms with Crippen molar-refractivity contribution in [2.75, 3.05) is 19.6 Å². The van der Waals surface area contributed by atoms with E-state index in [1.54, 1.807) is 17.3 Å². The molecule has 2 aliphatic rings. The zero-order valence-corrected chi connectivity index (χ0v) is 17.8. The van der Waals surface area contributed by atoms with Crippen LogP contribution in [0.3, 0.4) is 0 Å². The number of aliphatic hydroxyl groups excluding tert-OH is 1. The zero-order valence-electron chi connectivity index (χ0n) is 16.1. The standard InChI is InChI=1S/C19H28N4O3.2ClH/c1-14(24)17(20)18(26)22-10-6-19(7-11-22)5-2-16(25)23(13-19)12-15-3-8-21-9-4-15;;/h3-4,8-9,14,17,24H,2,5-7,10-13,20H2,1H3;2*1H/t14-,17+;;/m1../s1. The Morgan fingerprint density at radius 2 is 1.86 bits per heavy atom.